The van der Waals surface area contributed by atoms with E-state index in [0.717, 1.165) is 35.9 Å². The number of carbonyl (C=O) groups excluding carboxylic acids is 1. The Morgan fingerprint density at radius 2 is 1.63 bits per heavy atom. The van der Waals surface area contributed by atoms with Crippen LogP contribution in [-0.2, 0) is 9.53 Å². The molecule has 6 heteroatoms. The number of rotatable bonds is 15. The Morgan fingerprint density at radius 3 is 2.40 bits per heavy atom. The number of hydrogen-bond acceptors (Lipinski definition) is 5. The first-order chi connectivity index (χ1) is 14.7. The van der Waals surface area contributed by atoms with Gasteiger partial charge in [0.25, 0.3) is 0 Å². The molecule has 2 rings (SSSR count). The van der Waals surface area contributed by atoms with Crippen molar-refractivity contribution in [1.82, 2.24) is 0 Å². The van der Waals surface area contributed by atoms with Gasteiger partial charge in [-0.05, 0) is 49.7 Å². The predicted octanol–water partition coefficient (Wildman–Crippen LogP) is 5.11. The summed E-state index contributed by atoms with van der Waals surface area (Å²) in [5, 5.41) is 6.00. The lowest BCUT2D eigenvalue weighted by molar-refractivity contribution is -0.114. The Hall–Kier alpha value is -2.73. The van der Waals surface area contributed by atoms with Crippen LogP contribution in [0, 0.1) is 0 Å². The Labute approximate surface area is 179 Å². The largest absolute Gasteiger partial charge is 0.494 e. The fraction of sp³-hybridized carbons (Fsp3) is 0.458. The summed E-state index contributed by atoms with van der Waals surface area (Å²) >= 11 is 0. The number of ether oxygens (including phenoxy) is 3. The predicted molar refractivity (Wildman–Crippen MR) is 122 cm³/mol. The molecule has 0 radical (unpaired) electrons. The molecule has 164 valence electrons. The van der Waals surface area contributed by atoms with E-state index in [9.17, 15) is 4.79 Å². The van der Waals surface area contributed by atoms with E-state index in [2.05, 4.69) is 17.6 Å². The lowest BCUT2D eigenvalue weighted by atomic mass is 10.2. The number of unbranched alkanes of at least 4 members (excludes halogenated alkanes) is 3. The maximum absolute atomic E-state index is 12.2. The molecule has 0 fully saturated rings. The molecule has 0 aliphatic rings. The zero-order valence-electron chi connectivity index (χ0n) is 18.1. The first kappa shape index (κ1) is 23.5. The van der Waals surface area contributed by atoms with Crippen molar-refractivity contribution >= 4 is 17.3 Å². The van der Waals surface area contributed by atoms with Gasteiger partial charge in [-0.15, -0.1) is 0 Å². The van der Waals surface area contributed by atoms with Crippen molar-refractivity contribution in [3.05, 3.63) is 48.5 Å². The van der Waals surface area contributed by atoms with E-state index < -0.39 is 0 Å². The molecule has 0 unspecified atom stereocenters. The van der Waals surface area contributed by atoms with Gasteiger partial charge in [0.1, 0.15) is 18.1 Å². The molecule has 0 atom stereocenters. The quantitative estimate of drug-likeness (QED) is 0.396. The molecule has 0 aliphatic heterocycles. The number of carbonyl (C=O) groups is 1. The third-order valence-corrected chi connectivity index (χ3v) is 4.39. The topological polar surface area (TPSA) is 68.8 Å². The lowest BCUT2D eigenvalue weighted by Crippen LogP contribution is -2.21. The molecule has 1 amide bonds. The molecule has 2 aromatic rings. The van der Waals surface area contributed by atoms with Gasteiger partial charge < -0.3 is 24.8 Å². The minimum Gasteiger partial charge on any atom is -0.494 e. The fourth-order valence-corrected chi connectivity index (χ4v) is 2.80. The van der Waals surface area contributed by atoms with Crippen LogP contribution in [0.4, 0.5) is 11.4 Å². The Bertz CT molecular complexity index is 734. The Kier molecular flexibility index (Phi) is 11.2. The molecular weight excluding hydrogens is 380 g/mol. The van der Waals surface area contributed by atoms with Gasteiger partial charge in [0.15, 0.2) is 0 Å². The number of benzene rings is 2. The van der Waals surface area contributed by atoms with Crippen molar-refractivity contribution in [3.63, 3.8) is 0 Å². The summed E-state index contributed by atoms with van der Waals surface area (Å²) in [5.74, 6) is 1.44. The van der Waals surface area contributed by atoms with Crippen LogP contribution in [0.3, 0.4) is 0 Å². The number of anilines is 2. The molecule has 0 spiro atoms. The number of amides is 1. The van der Waals surface area contributed by atoms with Crippen molar-refractivity contribution in [2.75, 3.05) is 43.6 Å². The van der Waals surface area contributed by atoms with Gasteiger partial charge in [-0.1, -0.05) is 32.3 Å². The van der Waals surface area contributed by atoms with Crippen LogP contribution in [-0.4, -0.2) is 38.9 Å². The van der Waals surface area contributed by atoms with Gasteiger partial charge in [0.2, 0.25) is 5.91 Å². The SMILES string of the molecule is CCCCCCOc1ccc(NC(=O)CNc2cccc(OCCOCC)c2)cc1. The first-order valence-corrected chi connectivity index (χ1v) is 10.8. The molecule has 0 aliphatic carbocycles. The second-order valence-electron chi connectivity index (χ2n) is 6.91. The van der Waals surface area contributed by atoms with Crippen molar-refractivity contribution in [1.29, 1.82) is 0 Å². The lowest BCUT2D eigenvalue weighted by Gasteiger charge is -2.11. The van der Waals surface area contributed by atoms with Gasteiger partial charge in [0.05, 0.1) is 19.8 Å². The second kappa shape index (κ2) is 14.3. The highest BCUT2D eigenvalue weighted by atomic mass is 16.5. The van der Waals surface area contributed by atoms with Crippen molar-refractivity contribution in [2.45, 2.75) is 39.5 Å². The van der Waals surface area contributed by atoms with Crippen molar-refractivity contribution in [2.24, 2.45) is 0 Å². The van der Waals surface area contributed by atoms with E-state index in [1.807, 2.05) is 55.5 Å². The average Bonchev–Trinajstić information content (AvgIpc) is 2.77. The molecule has 0 heterocycles. The van der Waals surface area contributed by atoms with E-state index in [1.165, 1.54) is 19.3 Å². The number of hydrogen-bond donors (Lipinski definition) is 2. The van der Waals surface area contributed by atoms with Gasteiger partial charge in [0, 0.05) is 24.0 Å². The van der Waals surface area contributed by atoms with Crippen LogP contribution in [0.25, 0.3) is 0 Å². The summed E-state index contributed by atoms with van der Waals surface area (Å²) in [6.45, 7) is 6.76. The van der Waals surface area contributed by atoms with Crippen LogP contribution in [0.15, 0.2) is 48.5 Å². The maximum Gasteiger partial charge on any atom is 0.243 e. The van der Waals surface area contributed by atoms with Gasteiger partial charge in [-0.3, -0.25) is 4.79 Å². The van der Waals surface area contributed by atoms with Crippen LogP contribution in [0.1, 0.15) is 39.5 Å². The van der Waals surface area contributed by atoms with E-state index in [4.69, 9.17) is 14.2 Å². The Balaban J connectivity index is 1.70. The zero-order valence-corrected chi connectivity index (χ0v) is 18.1. The molecule has 0 bridgehead atoms. The summed E-state index contributed by atoms with van der Waals surface area (Å²) < 4.78 is 16.6. The smallest absolute Gasteiger partial charge is 0.243 e. The third kappa shape index (κ3) is 9.65. The van der Waals surface area contributed by atoms with E-state index in [-0.39, 0.29) is 12.5 Å². The first-order valence-electron chi connectivity index (χ1n) is 10.8. The van der Waals surface area contributed by atoms with Gasteiger partial charge in [-0.25, -0.2) is 0 Å². The monoisotopic (exact) mass is 414 g/mol. The highest BCUT2D eigenvalue weighted by molar-refractivity contribution is 5.93. The molecule has 2 aromatic carbocycles. The summed E-state index contributed by atoms with van der Waals surface area (Å²) in [4.78, 5) is 12.2. The van der Waals surface area contributed by atoms with E-state index in [1.54, 1.807) is 0 Å². The summed E-state index contributed by atoms with van der Waals surface area (Å²) in [6.07, 6.45) is 4.72. The molecule has 30 heavy (non-hydrogen) atoms. The second-order valence-corrected chi connectivity index (χ2v) is 6.91. The van der Waals surface area contributed by atoms with Crippen LogP contribution in [0.2, 0.25) is 0 Å². The van der Waals surface area contributed by atoms with Crippen molar-refractivity contribution in [3.8, 4) is 11.5 Å². The fourth-order valence-electron chi connectivity index (χ4n) is 2.80. The van der Waals surface area contributed by atoms with Crippen LogP contribution < -0.4 is 20.1 Å². The zero-order chi connectivity index (χ0) is 21.4. The molecule has 6 nitrogen and oxygen atoms in total. The summed E-state index contributed by atoms with van der Waals surface area (Å²) in [5.41, 5.74) is 1.57. The molecule has 2 N–H and O–H groups in total. The van der Waals surface area contributed by atoms with E-state index >= 15 is 0 Å². The van der Waals surface area contributed by atoms with E-state index in [0.29, 0.717) is 19.8 Å². The summed E-state index contributed by atoms with van der Waals surface area (Å²) in [6, 6.07) is 15.0. The van der Waals surface area contributed by atoms with Gasteiger partial charge in [-0.2, -0.15) is 0 Å². The van der Waals surface area contributed by atoms with Gasteiger partial charge >= 0.3 is 0 Å². The minimum atomic E-state index is -0.120. The molecule has 0 saturated heterocycles. The van der Waals surface area contributed by atoms with Crippen LogP contribution >= 0.6 is 0 Å². The highest BCUT2D eigenvalue weighted by Crippen LogP contribution is 2.18. The maximum atomic E-state index is 12.2. The molecular formula is C24H34N2O4. The number of nitrogens with one attached hydrogen (secondary N) is 2. The normalized spacial score (nSPS) is 10.5. The summed E-state index contributed by atoms with van der Waals surface area (Å²) in [7, 11) is 0. The molecule has 0 saturated carbocycles. The average molecular weight is 415 g/mol. The third-order valence-electron chi connectivity index (χ3n) is 4.39. The minimum absolute atomic E-state index is 0.120. The van der Waals surface area contributed by atoms with Crippen molar-refractivity contribution < 1.29 is 19.0 Å². The highest BCUT2D eigenvalue weighted by Gasteiger charge is 2.04. The van der Waals surface area contributed by atoms with Crippen LogP contribution in [0.5, 0.6) is 11.5 Å². The molecule has 0 aromatic heterocycles. The standard InChI is InChI=1S/C24H34N2O4/c1-3-5-6-7-15-29-22-13-11-20(12-14-22)26-24(27)19-25-21-9-8-10-23(18-21)30-17-16-28-4-2/h8-14,18,25H,3-7,15-17,19H2,1-2H3,(H,26,27). The Morgan fingerprint density at radius 1 is 0.833 bits per heavy atom.